The van der Waals surface area contributed by atoms with Gasteiger partial charge in [0, 0.05) is 6.61 Å². The molecular formula is C7H14O2. The molecule has 0 heterocycles. The molecule has 0 aromatic carbocycles. The van der Waals surface area contributed by atoms with E-state index in [-0.39, 0.29) is 13.2 Å². The summed E-state index contributed by atoms with van der Waals surface area (Å²) in [6, 6.07) is 0. The van der Waals surface area contributed by atoms with Crippen molar-refractivity contribution in [1.82, 2.24) is 0 Å². The smallest absolute Gasteiger partial charge is 0.0642 e. The molecule has 0 fully saturated rings. The molecule has 0 radical (unpaired) electrons. The number of hydrogen-bond donors (Lipinski definition) is 2. The molecule has 0 aliphatic rings. The van der Waals surface area contributed by atoms with Crippen molar-refractivity contribution in [1.29, 1.82) is 0 Å². The van der Waals surface area contributed by atoms with Crippen molar-refractivity contribution < 1.29 is 10.2 Å². The van der Waals surface area contributed by atoms with E-state index in [2.05, 4.69) is 0 Å². The molecule has 2 heteroatoms. The highest BCUT2D eigenvalue weighted by atomic mass is 16.3. The second-order valence-corrected chi connectivity index (χ2v) is 1.90. The Labute approximate surface area is 55.8 Å². The summed E-state index contributed by atoms with van der Waals surface area (Å²) in [5.74, 6) is 0. The van der Waals surface area contributed by atoms with Gasteiger partial charge < -0.3 is 10.2 Å². The Hall–Kier alpha value is -0.340. The van der Waals surface area contributed by atoms with E-state index in [1.165, 1.54) is 0 Å². The molecule has 0 amide bonds. The molecule has 54 valence electrons. The van der Waals surface area contributed by atoms with Gasteiger partial charge in [-0.25, -0.2) is 0 Å². The quantitative estimate of drug-likeness (QED) is 0.550. The van der Waals surface area contributed by atoms with Crippen LogP contribution >= 0.6 is 0 Å². The Kier molecular flexibility index (Phi) is 5.57. The van der Waals surface area contributed by atoms with Crippen LogP contribution in [0, 0.1) is 0 Å². The second kappa shape index (κ2) is 5.79. The van der Waals surface area contributed by atoms with Gasteiger partial charge in [0.2, 0.25) is 0 Å². The second-order valence-electron chi connectivity index (χ2n) is 1.90. The molecule has 0 saturated carbocycles. The van der Waals surface area contributed by atoms with Crippen molar-refractivity contribution in [3.63, 3.8) is 0 Å². The molecule has 2 nitrogen and oxygen atoms in total. The van der Waals surface area contributed by atoms with E-state index in [9.17, 15) is 0 Å². The van der Waals surface area contributed by atoms with E-state index in [4.69, 9.17) is 10.2 Å². The van der Waals surface area contributed by atoms with Crippen LogP contribution in [-0.4, -0.2) is 23.4 Å². The summed E-state index contributed by atoms with van der Waals surface area (Å²) in [6.07, 6.45) is 3.47. The number of rotatable bonds is 4. The molecule has 0 spiro atoms. The van der Waals surface area contributed by atoms with Crippen molar-refractivity contribution >= 4 is 0 Å². The average molecular weight is 130 g/mol. The largest absolute Gasteiger partial charge is 0.396 e. The topological polar surface area (TPSA) is 40.5 Å². The van der Waals surface area contributed by atoms with E-state index >= 15 is 0 Å². The van der Waals surface area contributed by atoms with Crippen molar-refractivity contribution in [3.8, 4) is 0 Å². The Morgan fingerprint density at radius 2 is 2.11 bits per heavy atom. The summed E-state index contributed by atoms with van der Waals surface area (Å²) in [5.41, 5.74) is 0.931. The molecule has 0 aliphatic carbocycles. The molecule has 9 heavy (non-hydrogen) atoms. The molecule has 0 atom stereocenters. The van der Waals surface area contributed by atoms with Crippen molar-refractivity contribution in [2.75, 3.05) is 13.2 Å². The Morgan fingerprint density at radius 1 is 1.44 bits per heavy atom. The maximum absolute atomic E-state index is 8.61. The van der Waals surface area contributed by atoms with Gasteiger partial charge in [0.25, 0.3) is 0 Å². The minimum Gasteiger partial charge on any atom is -0.396 e. The Balaban J connectivity index is 3.53. The zero-order valence-corrected chi connectivity index (χ0v) is 5.80. The highest BCUT2D eigenvalue weighted by molar-refractivity contribution is 5.01. The van der Waals surface area contributed by atoms with Crippen LogP contribution in [0.3, 0.4) is 0 Å². The predicted molar refractivity (Wildman–Crippen MR) is 37.2 cm³/mol. The van der Waals surface area contributed by atoms with Gasteiger partial charge in [0.15, 0.2) is 0 Å². The van der Waals surface area contributed by atoms with Gasteiger partial charge in [-0.3, -0.25) is 0 Å². The van der Waals surface area contributed by atoms with E-state index in [1.54, 1.807) is 0 Å². The maximum atomic E-state index is 8.61. The first-order valence-corrected chi connectivity index (χ1v) is 3.24. The summed E-state index contributed by atoms with van der Waals surface area (Å²) >= 11 is 0. The van der Waals surface area contributed by atoms with Crippen LogP contribution in [0.2, 0.25) is 0 Å². The zero-order chi connectivity index (χ0) is 7.11. The number of hydrogen-bond acceptors (Lipinski definition) is 2. The van der Waals surface area contributed by atoms with Gasteiger partial charge >= 0.3 is 0 Å². The lowest BCUT2D eigenvalue weighted by Crippen LogP contribution is -1.93. The first kappa shape index (κ1) is 8.66. The fourth-order valence-corrected chi connectivity index (χ4v) is 0.678. The summed E-state index contributed by atoms with van der Waals surface area (Å²) in [7, 11) is 0. The standard InChI is InChI=1S/C7H14O2/c1-2-3-7(6-9)4-5-8/h3,8-9H,2,4-6H2,1H3/b7-3+. The van der Waals surface area contributed by atoms with Crippen LogP contribution in [0.15, 0.2) is 11.6 Å². The van der Waals surface area contributed by atoms with Crippen LogP contribution in [-0.2, 0) is 0 Å². The third-order valence-corrected chi connectivity index (χ3v) is 1.13. The molecule has 0 saturated heterocycles. The highest BCUT2D eigenvalue weighted by Crippen LogP contribution is 1.99. The lowest BCUT2D eigenvalue weighted by molar-refractivity contribution is 0.278. The highest BCUT2D eigenvalue weighted by Gasteiger charge is 1.90. The van der Waals surface area contributed by atoms with E-state index in [0.717, 1.165) is 12.0 Å². The average Bonchev–Trinajstić information content (AvgIpc) is 1.88. The van der Waals surface area contributed by atoms with Crippen molar-refractivity contribution in [3.05, 3.63) is 11.6 Å². The fourth-order valence-electron chi connectivity index (χ4n) is 0.678. The summed E-state index contributed by atoms with van der Waals surface area (Å²) < 4.78 is 0. The predicted octanol–water partition coefficient (Wildman–Crippen LogP) is 0.698. The number of aliphatic hydroxyl groups is 2. The zero-order valence-electron chi connectivity index (χ0n) is 5.80. The van der Waals surface area contributed by atoms with Crippen LogP contribution in [0.4, 0.5) is 0 Å². The van der Waals surface area contributed by atoms with Gasteiger partial charge in [-0.1, -0.05) is 13.0 Å². The molecule has 0 aromatic rings. The number of allylic oxidation sites excluding steroid dienone is 1. The molecule has 0 aliphatic heterocycles. The SMILES string of the molecule is CC/C=C(/CO)CCO. The Morgan fingerprint density at radius 3 is 2.44 bits per heavy atom. The van der Waals surface area contributed by atoms with Crippen LogP contribution in [0.5, 0.6) is 0 Å². The minimum absolute atomic E-state index is 0.0778. The lowest BCUT2D eigenvalue weighted by atomic mass is 10.2. The van der Waals surface area contributed by atoms with Gasteiger partial charge in [0.1, 0.15) is 0 Å². The molecule has 0 aromatic heterocycles. The molecule has 0 unspecified atom stereocenters. The van der Waals surface area contributed by atoms with Gasteiger partial charge in [-0.15, -0.1) is 0 Å². The van der Waals surface area contributed by atoms with Gasteiger partial charge in [0.05, 0.1) is 6.61 Å². The Bertz CT molecular complexity index is 86.9. The monoisotopic (exact) mass is 130 g/mol. The first-order valence-electron chi connectivity index (χ1n) is 3.24. The number of aliphatic hydroxyl groups excluding tert-OH is 2. The third-order valence-electron chi connectivity index (χ3n) is 1.13. The summed E-state index contributed by atoms with van der Waals surface area (Å²) in [6.45, 7) is 2.22. The maximum Gasteiger partial charge on any atom is 0.0642 e. The fraction of sp³-hybridized carbons (Fsp3) is 0.714. The van der Waals surface area contributed by atoms with Crippen molar-refractivity contribution in [2.24, 2.45) is 0 Å². The first-order chi connectivity index (χ1) is 4.35. The summed E-state index contributed by atoms with van der Waals surface area (Å²) in [5, 5.41) is 17.1. The molecular weight excluding hydrogens is 116 g/mol. The van der Waals surface area contributed by atoms with Crippen molar-refractivity contribution in [2.45, 2.75) is 19.8 Å². The van der Waals surface area contributed by atoms with E-state index in [0.29, 0.717) is 6.42 Å². The van der Waals surface area contributed by atoms with Crippen LogP contribution < -0.4 is 0 Å². The third kappa shape index (κ3) is 4.18. The van der Waals surface area contributed by atoms with Gasteiger partial charge in [-0.2, -0.15) is 0 Å². The van der Waals surface area contributed by atoms with Crippen LogP contribution in [0.1, 0.15) is 19.8 Å². The minimum atomic E-state index is 0.0778. The summed E-state index contributed by atoms with van der Waals surface area (Å²) in [4.78, 5) is 0. The lowest BCUT2D eigenvalue weighted by Gasteiger charge is -1.98. The van der Waals surface area contributed by atoms with E-state index < -0.39 is 0 Å². The molecule has 0 rings (SSSR count). The van der Waals surface area contributed by atoms with Gasteiger partial charge in [-0.05, 0) is 18.4 Å². The normalized spacial score (nSPS) is 12.1. The molecule has 0 bridgehead atoms. The van der Waals surface area contributed by atoms with Crippen LogP contribution in [0.25, 0.3) is 0 Å². The molecule has 2 N–H and O–H groups in total. The van der Waals surface area contributed by atoms with E-state index in [1.807, 2.05) is 13.0 Å².